The number of methoxy groups -OCH3 is 1. The summed E-state index contributed by atoms with van der Waals surface area (Å²) in [5.41, 5.74) is 0.622. The van der Waals surface area contributed by atoms with E-state index in [0.29, 0.717) is 25.4 Å². The van der Waals surface area contributed by atoms with Crippen molar-refractivity contribution in [1.82, 2.24) is 14.8 Å². The summed E-state index contributed by atoms with van der Waals surface area (Å²) >= 11 is 0. The van der Waals surface area contributed by atoms with Crippen LogP contribution < -0.4 is 0 Å². The van der Waals surface area contributed by atoms with E-state index in [9.17, 15) is 9.59 Å². The highest BCUT2D eigenvalue weighted by molar-refractivity contribution is 5.99. The zero-order valence-corrected chi connectivity index (χ0v) is 14.5. The second kappa shape index (κ2) is 6.89. The first-order valence-electron chi connectivity index (χ1n) is 8.62. The van der Waals surface area contributed by atoms with Gasteiger partial charge in [-0.1, -0.05) is 6.07 Å². The number of rotatable bonds is 4. The molecule has 0 aromatic carbocycles. The molecule has 130 valence electrons. The predicted molar refractivity (Wildman–Crippen MR) is 89.7 cm³/mol. The van der Waals surface area contributed by atoms with Gasteiger partial charge in [0.1, 0.15) is 11.2 Å². The molecule has 1 aromatic rings. The van der Waals surface area contributed by atoms with Crippen molar-refractivity contribution < 1.29 is 14.3 Å². The minimum Gasteiger partial charge on any atom is -0.383 e. The molecule has 1 aromatic heterocycles. The average Bonchev–Trinajstić information content (AvgIpc) is 3.01. The number of carbonyl (C=O) groups is 2. The summed E-state index contributed by atoms with van der Waals surface area (Å²) in [6, 6.07) is 3.71. The summed E-state index contributed by atoms with van der Waals surface area (Å²) in [5.74, 6) is -0.0437. The minimum atomic E-state index is -0.687. The maximum absolute atomic E-state index is 13.1. The lowest BCUT2D eigenvalue weighted by atomic mass is 9.85. The molecule has 0 radical (unpaired) electrons. The standard InChI is InChI=1S/C18H25N3O3/c1-14-6-3-9-19-15(14)16(22)21-11-5-8-18(21)7-4-10-20(17(18)23)12-13-24-2/h3,6,9H,4-5,7-8,10-13H2,1-2H3. The normalized spacial score (nSPS) is 24.0. The second-order valence-electron chi connectivity index (χ2n) is 6.65. The van der Waals surface area contributed by atoms with Crippen molar-refractivity contribution in [2.75, 3.05) is 33.4 Å². The van der Waals surface area contributed by atoms with Gasteiger partial charge in [-0.15, -0.1) is 0 Å². The largest absolute Gasteiger partial charge is 0.383 e. The van der Waals surface area contributed by atoms with Crippen LogP contribution in [0.25, 0.3) is 0 Å². The van der Waals surface area contributed by atoms with Gasteiger partial charge >= 0.3 is 0 Å². The summed E-state index contributed by atoms with van der Waals surface area (Å²) in [6.07, 6.45) is 4.90. The van der Waals surface area contributed by atoms with E-state index in [2.05, 4.69) is 4.98 Å². The summed E-state index contributed by atoms with van der Waals surface area (Å²) in [5, 5.41) is 0. The van der Waals surface area contributed by atoms with E-state index in [4.69, 9.17) is 4.74 Å². The Bertz CT molecular complexity index is 634. The second-order valence-corrected chi connectivity index (χ2v) is 6.65. The maximum Gasteiger partial charge on any atom is 0.273 e. The number of carbonyl (C=O) groups excluding carboxylic acids is 2. The van der Waals surface area contributed by atoms with Gasteiger partial charge in [0.05, 0.1) is 6.61 Å². The van der Waals surface area contributed by atoms with E-state index in [1.165, 1.54) is 0 Å². The van der Waals surface area contributed by atoms with Gasteiger partial charge in [-0.05, 0) is 44.2 Å². The van der Waals surface area contributed by atoms with E-state index in [1.807, 2.05) is 24.0 Å². The molecule has 0 aliphatic carbocycles. The molecule has 2 saturated heterocycles. The van der Waals surface area contributed by atoms with Gasteiger partial charge in [0.25, 0.3) is 5.91 Å². The Balaban J connectivity index is 1.87. The molecule has 1 spiro atoms. The number of ether oxygens (including phenoxy) is 1. The molecule has 2 fully saturated rings. The van der Waals surface area contributed by atoms with Crippen molar-refractivity contribution >= 4 is 11.8 Å². The van der Waals surface area contributed by atoms with Crippen molar-refractivity contribution in [3.05, 3.63) is 29.6 Å². The van der Waals surface area contributed by atoms with Crippen LogP contribution in [0.1, 0.15) is 41.7 Å². The lowest BCUT2D eigenvalue weighted by molar-refractivity contribution is -0.146. The Kier molecular flexibility index (Phi) is 4.85. The highest BCUT2D eigenvalue weighted by atomic mass is 16.5. The van der Waals surface area contributed by atoms with Crippen LogP contribution in [0.15, 0.2) is 18.3 Å². The number of pyridine rings is 1. The fourth-order valence-corrected chi connectivity index (χ4v) is 3.97. The Morgan fingerprint density at radius 3 is 2.79 bits per heavy atom. The predicted octanol–water partition coefficient (Wildman–Crippen LogP) is 1.63. The molecule has 1 unspecified atom stereocenters. The van der Waals surface area contributed by atoms with Gasteiger partial charge in [-0.2, -0.15) is 0 Å². The lowest BCUT2D eigenvalue weighted by Gasteiger charge is -2.44. The van der Waals surface area contributed by atoms with E-state index in [0.717, 1.165) is 37.8 Å². The smallest absolute Gasteiger partial charge is 0.273 e. The number of amides is 2. The van der Waals surface area contributed by atoms with Crippen LogP contribution in [-0.2, 0) is 9.53 Å². The van der Waals surface area contributed by atoms with E-state index in [-0.39, 0.29) is 11.8 Å². The summed E-state index contributed by atoms with van der Waals surface area (Å²) in [4.78, 5) is 34.1. The molecule has 0 saturated carbocycles. The van der Waals surface area contributed by atoms with Crippen LogP contribution >= 0.6 is 0 Å². The van der Waals surface area contributed by atoms with E-state index < -0.39 is 5.54 Å². The van der Waals surface area contributed by atoms with Crippen molar-refractivity contribution in [2.45, 2.75) is 38.1 Å². The number of hydrogen-bond donors (Lipinski definition) is 0. The summed E-state index contributed by atoms with van der Waals surface area (Å²) in [7, 11) is 1.64. The first-order valence-corrected chi connectivity index (χ1v) is 8.62. The van der Waals surface area contributed by atoms with Gasteiger partial charge in [0, 0.05) is 32.9 Å². The van der Waals surface area contributed by atoms with Crippen LogP contribution in [-0.4, -0.2) is 65.5 Å². The number of nitrogens with zero attached hydrogens (tertiary/aromatic N) is 3. The molecule has 2 aliphatic rings. The van der Waals surface area contributed by atoms with Gasteiger partial charge in [0.2, 0.25) is 5.91 Å². The molecule has 3 rings (SSSR count). The zero-order chi connectivity index (χ0) is 17.2. The molecule has 6 nitrogen and oxygen atoms in total. The Labute approximate surface area is 142 Å². The van der Waals surface area contributed by atoms with Gasteiger partial charge in [-0.3, -0.25) is 14.6 Å². The molecule has 0 N–H and O–H groups in total. The zero-order valence-electron chi connectivity index (χ0n) is 14.5. The van der Waals surface area contributed by atoms with Gasteiger partial charge in [0.15, 0.2) is 0 Å². The molecule has 2 aliphatic heterocycles. The van der Waals surface area contributed by atoms with E-state index in [1.54, 1.807) is 18.2 Å². The lowest BCUT2D eigenvalue weighted by Crippen LogP contribution is -2.61. The third kappa shape index (κ3) is 2.79. The van der Waals surface area contributed by atoms with Crippen molar-refractivity contribution in [3.63, 3.8) is 0 Å². The molecular weight excluding hydrogens is 306 g/mol. The molecule has 1 atom stereocenters. The first kappa shape index (κ1) is 16.9. The van der Waals surface area contributed by atoms with Crippen molar-refractivity contribution in [2.24, 2.45) is 0 Å². The Hall–Kier alpha value is -1.95. The third-order valence-corrected chi connectivity index (χ3v) is 5.21. The van der Waals surface area contributed by atoms with Crippen molar-refractivity contribution in [1.29, 1.82) is 0 Å². The quantitative estimate of drug-likeness (QED) is 0.841. The number of piperidine rings is 1. The van der Waals surface area contributed by atoms with Crippen LogP contribution in [0.5, 0.6) is 0 Å². The van der Waals surface area contributed by atoms with Gasteiger partial charge in [-0.25, -0.2) is 0 Å². The van der Waals surface area contributed by atoms with Crippen molar-refractivity contribution in [3.8, 4) is 0 Å². The summed E-state index contributed by atoms with van der Waals surface area (Å²) < 4.78 is 5.12. The number of hydrogen-bond acceptors (Lipinski definition) is 4. The van der Waals surface area contributed by atoms with Crippen LogP contribution in [0, 0.1) is 6.92 Å². The van der Waals surface area contributed by atoms with E-state index >= 15 is 0 Å². The van der Waals surface area contributed by atoms with Gasteiger partial charge < -0.3 is 14.5 Å². The highest BCUT2D eigenvalue weighted by Crippen LogP contribution is 2.39. The molecule has 24 heavy (non-hydrogen) atoms. The fraction of sp³-hybridized carbons (Fsp3) is 0.611. The Morgan fingerprint density at radius 2 is 2.08 bits per heavy atom. The highest BCUT2D eigenvalue weighted by Gasteiger charge is 2.53. The molecule has 6 heteroatoms. The number of aryl methyl sites for hydroxylation is 1. The Morgan fingerprint density at radius 1 is 1.33 bits per heavy atom. The molecule has 3 heterocycles. The first-order chi connectivity index (χ1) is 11.6. The number of likely N-dealkylation sites (tertiary alicyclic amines) is 2. The maximum atomic E-state index is 13.1. The number of aromatic nitrogens is 1. The summed E-state index contributed by atoms with van der Waals surface area (Å²) in [6.45, 7) is 4.36. The molecule has 0 bridgehead atoms. The average molecular weight is 331 g/mol. The fourth-order valence-electron chi connectivity index (χ4n) is 3.97. The minimum absolute atomic E-state index is 0.0743. The third-order valence-electron chi connectivity index (χ3n) is 5.21. The molecule has 2 amide bonds. The SMILES string of the molecule is COCCN1CCCC2(CCCN2C(=O)c2ncccc2C)C1=O. The van der Waals surface area contributed by atoms with Crippen LogP contribution in [0.4, 0.5) is 0 Å². The molecular formula is C18H25N3O3. The topological polar surface area (TPSA) is 62.7 Å². The van der Waals surface area contributed by atoms with Crippen LogP contribution in [0.3, 0.4) is 0 Å². The monoisotopic (exact) mass is 331 g/mol. The van der Waals surface area contributed by atoms with Crippen LogP contribution in [0.2, 0.25) is 0 Å².